The van der Waals surface area contributed by atoms with Crippen molar-refractivity contribution in [2.24, 2.45) is 22.9 Å². The maximum absolute atomic E-state index is 14.3. The summed E-state index contributed by atoms with van der Waals surface area (Å²) in [6.07, 6.45) is 7.95. The number of hydrogen-bond acceptors (Lipinski definition) is 16. The van der Waals surface area contributed by atoms with Crippen LogP contribution in [0.15, 0.2) is 0 Å². The molecule has 64 heavy (non-hydrogen) atoms. The van der Waals surface area contributed by atoms with Crippen molar-refractivity contribution >= 4 is 23.9 Å². The Morgan fingerprint density at radius 1 is 0.344 bits per heavy atom. The average molecular weight is 913 g/mol. The first kappa shape index (κ1) is 59.6. The predicted octanol–water partition coefficient (Wildman–Crippen LogP) is 4.57. The molecule has 0 bridgehead atoms. The molecule has 4 atom stereocenters. The van der Waals surface area contributed by atoms with Crippen LogP contribution in [0.1, 0.15) is 160 Å². The number of nitrogens with zero attached hydrogens (tertiary/aromatic N) is 4. The Morgan fingerprint density at radius 3 is 0.625 bits per heavy atom. The van der Waals surface area contributed by atoms with E-state index in [1.807, 2.05) is 83.1 Å². The minimum absolute atomic E-state index is 0.322. The van der Waals surface area contributed by atoms with Crippen LogP contribution in [0.5, 0.6) is 0 Å². The molecule has 1 rings (SSSR count). The van der Waals surface area contributed by atoms with Crippen molar-refractivity contribution in [2.75, 3.05) is 78.5 Å². The molecule has 1 aliphatic rings. The molecule has 0 aromatic heterocycles. The highest BCUT2D eigenvalue weighted by Crippen LogP contribution is 2.24. The molecule has 8 N–H and O–H groups in total. The number of nitrogens with two attached hydrogens (primary N) is 4. The third-order valence-corrected chi connectivity index (χ3v) is 10.9. The fraction of sp³-hybridized carbons (Fsp3) is 0.917. The summed E-state index contributed by atoms with van der Waals surface area (Å²) in [7, 11) is 0. The zero-order chi connectivity index (χ0) is 48.7. The topological polar surface area (TPSA) is 222 Å². The van der Waals surface area contributed by atoms with Crippen molar-refractivity contribution in [3.05, 3.63) is 0 Å². The Kier molecular flexibility index (Phi) is 27.3. The Hall–Kier alpha value is -2.44. The van der Waals surface area contributed by atoms with Crippen LogP contribution in [-0.4, -0.2) is 169 Å². The standard InChI is InChI=1S/C48H96N8O8/c1-45(2,3)61-41(57)37(21-13-17-25-49)53-29-31-54(38(22-14-18-26-50)42(58)62-46(4,5)6)33-35-56(40(24-16-20-28-52)44(60)64-48(10,11)12)36-34-55(32-30-53)39(23-15-19-27-51)43(59)63-47(7,8)9/h37-40H,13-36,49-52H2,1-12H3. The van der Waals surface area contributed by atoms with Crippen LogP contribution in [0.3, 0.4) is 0 Å². The number of rotatable bonds is 24. The van der Waals surface area contributed by atoms with Crippen LogP contribution in [0.2, 0.25) is 0 Å². The molecule has 0 aromatic carbocycles. The van der Waals surface area contributed by atoms with Crippen LogP contribution in [0, 0.1) is 0 Å². The van der Waals surface area contributed by atoms with Crippen molar-refractivity contribution < 1.29 is 38.1 Å². The van der Waals surface area contributed by atoms with Crippen LogP contribution >= 0.6 is 0 Å². The summed E-state index contributed by atoms with van der Waals surface area (Å²) in [4.78, 5) is 65.8. The first-order valence-corrected chi connectivity index (χ1v) is 24.4. The summed E-state index contributed by atoms with van der Waals surface area (Å²) in [6, 6.07) is -2.44. The molecule has 1 heterocycles. The van der Waals surface area contributed by atoms with Gasteiger partial charge in [0.15, 0.2) is 0 Å². The van der Waals surface area contributed by atoms with Gasteiger partial charge >= 0.3 is 23.9 Å². The van der Waals surface area contributed by atoms with Gasteiger partial charge in [0.25, 0.3) is 0 Å². The summed E-state index contributed by atoms with van der Waals surface area (Å²) in [5.41, 5.74) is 21.0. The number of esters is 4. The molecule has 0 aliphatic carbocycles. The fourth-order valence-electron chi connectivity index (χ4n) is 7.93. The molecule has 0 saturated carbocycles. The number of carbonyl (C=O) groups excluding carboxylic acids is 4. The highest BCUT2D eigenvalue weighted by atomic mass is 16.6. The minimum atomic E-state index is -0.721. The lowest BCUT2D eigenvalue weighted by Gasteiger charge is -2.41. The van der Waals surface area contributed by atoms with Gasteiger partial charge in [-0.05, 0) is 161 Å². The third-order valence-electron chi connectivity index (χ3n) is 10.9. The Morgan fingerprint density at radius 2 is 0.500 bits per heavy atom. The molecule has 376 valence electrons. The Balaban J connectivity index is 4.16. The maximum atomic E-state index is 14.3. The van der Waals surface area contributed by atoms with Crippen molar-refractivity contribution in [1.29, 1.82) is 0 Å². The lowest BCUT2D eigenvalue weighted by Crippen LogP contribution is -2.57. The van der Waals surface area contributed by atoms with Crippen molar-refractivity contribution in [3.63, 3.8) is 0 Å². The quantitative estimate of drug-likeness (QED) is 0.0592. The maximum Gasteiger partial charge on any atom is 0.323 e. The first-order chi connectivity index (χ1) is 29.8. The molecule has 1 fully saturated rings. The SMILES string of the molecule is CC(C)(C)OC(=O)C(CCCCN)N1CCN(C(CCCCN)C(=O)OC(C)(C)C)CCN(C(CCCCN)C(=O)OC(C)(C)C)CCN(C(CCCCN)C(=O)OC(C)(C)C)CC1. The second-order valence-electron chi connectivity index (χ2n) is 21.5. The van der Waals surface area contributed by atoms with E-state index in [0.717, 1.165) is 51.4 Å². The van der Waals surface area contributed by atoms with E-state index < -0.39 is 46.6 Å². The Bertz CT molecular complexity index is 1130. The van der Waals surface area contributed by atoms with E-state index in [-0.39, 0.29) is 23.9 Å². The second-order valence-corrected chi connectivity index (χ2v) is 21.5. The molecule has 16 nitrogen and oxygen atoms in total. The lowest BCUT2D eigenvalue weighted by molar-refractivity contribution is -0.166. The van der Waals surface area contributed by atoms with Gasteiger partial charge in [0.05, 0.1) is 0 Å². The smallest absolute Gasteiger partial charge is 0.323 e. The molecule has 4 unspecified atom stereocenters. The fourth-order valence-corrected chi connectivity index (χ4v) is 7.93. The van der Waals surface area contributed by atoms with Crippen LogP contribution in [0.25, 0.3) is 0 Å². The zero-order valence-corrected chi connectivity index (χ0v) is 42.6. The van der Waals surface area contributed by atoms with E-state index in [9.17, 15) is 19.2 Å². The van der Waals surface area contributed by atoms with E-state index in [1.165, 1.54) is 0 Å². The number of unbranched alkanes of at least 4 members (excludes halogenated alkanes) is 4. The van der Waals surface area contributed by atoms with Crippen LogP contribution in [0.4, 0.5) is 0 Å². The van der Waals surface area contributed by atoms with E-state index >= 15 is 0 Å². The van der Waals surface area contributed by atoms with E-state index in [0.29, 0.717) is 104 Å². The van der Waals surface area contributed by atoms with Gasteiger partial charge in [-0.2, -0.15) is 0 Å². The van der Waals surface area contributed by atoms with Gasteiger partial charge in [0, 0.05) is 52.4 Å². The first-order valence-electron chi connectivity index (χ1n) is 24.4. The molecule has 0 spiro atoms. The summed E-state index contributed by atoms with van der Waals surface area (Å²) in [6.45, 7) is 27.7. The van der Waals surface area contributed by atoms with Gasteiger partial charge in [-0.15, -0.1) is 0 Å². The van der Waals surface area contributed by atoms with E-state index in [4.69, 9.17) is 41.9 Å². The van der Waals surface area contributed by atoms with Gasteiger partial charge in [-0.3, -0.25) is 38.8 Å². The molecule has 0 amide bonds. The molecule has 16 heteroatoms. The second kappa shape index (κ2) is 29.3. The highest BCUT2D eigenvalue weighted by molar-refractivity contribution is 5.78. The molecule has 0 radical (unpaired) electrons. The van der Waals surface area contributed by atoms with E-state index in [2.05, 4.69) is 19.6 Å². The summed E-state index contributed by atoms with van der Waals surface area (Å²) >= 11 is 0. The largest absolute Gasteiger partial charge is 0.459 e. The summed E-state index contributed by atoms with van der Waals surface area (Å²) in [5.74, 6) is -1.29. The van der Waals surface area contributed by atoms with Gasteiger partial charge in [-0.25, -0.2) is 0 Å². The minimum Gasteiger partial charge on any atom is -0.459 e. The van der Waals surface area contributed by atoms with Crippen molar-refractivity contribution in [1.82, 2.24) is 19.6 Å². The molecule has 0 aromatic rings. The highest BCUT2D eigenvalue weighted by Gasteiger charge is 2.38. The molecule has 1 aliphatic heterocycles. The number of carbonyl (C=O) groups is 4. The molecular weight excluding hydrogens is 817 g/mol. The third kappa shape index (κ3) is 25.5. The monoisotopic (exact) mass is 913 g/mol. The number of ether oxygens (including phenoxy) is 4. The van der Waals surface area contributed by atoms with Crippen molar-refractivity contribution in [3.8, 4) is 0 Å². The van der Waals surface area contributed by atoms with Crippen molar-refractivity contribution in [2.45, 2.75) is 207 Å². The lowest BCUT2D eigenvalue weighted by atomic mass is 10.0. The van der Waals surface area contributed by atoms with Crippen LogP contribution < -0.4 is 22.9 Å². The van der Waals surface area contributed by atoms with Gasteiger partial charge in [0.1, 0.15) is 46.6 Å². The zero-order valence-electron chi connectivity index (χ0n) is 42.6. The Labute approximate surface area is 388 Å². The normalized spacial score (nSPS) is 18.2. The van der Waals surface area contributed by atoms with Gasteiger partial charge < -0.3 is 41.9 Å². The molecule has 1 saturated heterocycles. The average Bonchev–Trinajstić information content (AvgIpc) is 3.14. The summed E-state index contributed by atoms with van der Waals surface area (Å²) < 4.78 is 24.4. The summed E-state index contributed by atoms with van der Waals surface area (Å²) in [5, 5.41) is 0. The molecular formula is C48H96N8O8. The van der Waals surface area contributed by atoms with Gasteiger partial charge in [0.2, 0.25) is 0 Å². The number of hydrogen-bond donors (Lipinski definition) is 4. The van der Waals surface area contributed by atoms with Gasteiger partial charge in [-0.1, -0.05) is 25.7 Å². The predicted molar refractivity (Wildman–Crippen MR) is 256 cm³/mol. The van der Waals surface area contributed by atoms with Crippen LogP contribution in [-0.2, 0) is 38.1 Å². The van der Waals surface area contributed by atoms with E-state index in [1.54, 1.807) is 0 Å².